The van der Waals surface area contributed by atoms with Gasteiger partial charge in [-0.3, -0.25) is 4.79 Å². The fourth-order valence-electron chi connectivity index (χ4n) is 5.31. The molecular weight excluding hydrogens is 592 g/mol. The first-order chi connectivity index (χ1) is 21.7. The van der Waals surface area contributed by atoms with Crippen molar-refractivity contribution in [1.82, 2.24) is 0 Å². The van der Waals surface area contributed by atoms with E-state index in [-0.39, 0.29) is 36.7 Å². The molecule has 0 radical (unpaired) electrons. The Balaban J connectivity index is 1.38. The normalized spacial score (nSPS) is 30.4. The zero-order valence-electron chi connectivity index (χ0n) is 24.5. The van der Waals surface area contributed by atoms with E-state index >= 15 is 0 Å². The van der Waals surface area contributed by atoms with Crippen molar-refractivity contribution in [3.8, 4) is 17.2 Å². The van der Waals surface area contributed by atoms with Crippen molar-refractivity contribution in [2.75, 3.05) is 19.8 Å². The van der Waals surface area contributed by atoms with Crippen molar-refractivity contribution in [3.63, 3.8) is 0 Å². The molecule has 4 heterocycles. The third kappa shape index (κ3) is 7.47. The maximum atomic E-state index is 13.3. The minimum atomic E-state index is -1.70. The van der Waals surface area contributed by atoms with Crippen molar-refractivity contribution in [2.45, 2.75) is 63.2 Å². The van der Waals surface area contributed by atoms with Crippen LogP contribution in [-0.2, 0) is 46.1 Å². The van der Waals surface area contributed by atoms with Crippen LogP contribution in [0.4, 0.5) is 0 Å². The highest BCUT2D eigenvalue weighted by molar-refractivity contribution is 5.91. The van der Waals surface area contributed by atoms with E-state index in [1.165, 1.54) is 6.07 Å². The van der Waals surface area contributed by atoms with Crippen LogP contribution in [0.15, 0.2) is 65.9 Å². The van der Waals surface area contributed by atoms with Gasteiger partial charge in [0.2, 0.25) is 6.29 Å². The Morgan fingerprint density at radius 2 is 1.64 bits per heavy atom. The predicted octanol–water partition coefficient (Wildman–Crippen LogP) is 1.38. The first-order valence-electron chi connectivity index (χ1n) is 14.6. The Morgan fingerprint density at radius 1 is 0.933 bits per heavy atom. The number of hydrogen-bond donors (Lipinski definition) is 5. The van der Waals surface area contributed by atoms with Gasteiger partial charge in [-0.05, 0) is 42.3 Å². The van der Waals surface area contributed by atoms with Gasteiger partial charge in [0.25, 0.3) is 0 Å². The number of phenolic OH excluding ortho intramolecular Hbond substituents is 1. The quantitative estimate of drug-likeness (QED) is 0.242. The third-order valence-corrected chi connectivity index (χ3v) is 7.87. The van der Waals surface area contributed by atoms with Gasteiger partial charge in [-0.2, -0.15) is 0 Å². The van der Waals surface area contributed by atoms with Gasteiger partial charge in [-0.1, -0.05) is 24.3 Å². The highest BCUT2D eigenvalue weighted by Gasteiger charge is 2.47. The minimum Gasteiger partial charge on any atom is -0.504 e. The van der Waals surface area contributed by atoms with Crippen LogP contribution in [0.5, 0.6) is 17.2 Å². The van der Waals surface area contributed by atoms with E-state index in [0.717, 1.165) is 17.4 Å². The van der Waals surface area contributed by atoms with Crippen LogP contribution >= 0.6 is 0 Å². The Kier molecular flexibility index (Phi) is 10.4. The molecule has 4 bridgehead atoms. The smallest absolute Gasteiger partial charge is 0.337 e. The maximum Gasteiger partial charge on any atom is 0.337 e. The standard InChI is InChI=1S/C32H36O13/c1-2-20-21-14-26(35)40-11-10-18-5-8-23(34)24(13-18)43-19-6-3-17(4-7-19)9-12-41-30(39)22(21)16-42-31(20)45-32-29(38)28(37)27(36)25(15-33)44-32/h2-8,13,16,21,25,27-29,31-34,36-38H,9-12,14-15H2,1H3/t21-,25+,27+,28-,29+,31-,32-/m0/s1. The minimum absolute atomic E-state index is 0.000427. The molecule has 1 saturated heterocycles. The molecule has 4 aliphatic heterocycles. The molecule has 2 aromatic carbocycles. The molecular formula is C32H36O13. The van der Waals surface area contributed by atoms with Crippen molar-refractivity contribution in [2.24, 2.45) is 5.92 Å². The lowest BCUT2D eigenvalue weighted by molar-refractivity contribution is -0.327. The molecule has 7 atom stereocenters. The summed E-state index contributed by atoms with van der Waals surface area (Å²) in [5, 5.41) is 50.6. The van der Waals surface area contributed by atoms with Crippen molar-refractivity contribution < 1.29 is 63.5 Å². The van der Waals surface area contributed by atoms with Crippen LogP contribution in [0.25, 0.3) is 0 Å². The molecule has 2 aromatic rings. The number of carbonyl (C=O) groups excluding carboxylic acids is 2. The van der Waals surface area contributed by atoms with Crippen LogP contribution in [-0.4, -0.2) is 94.3 Å². The summed E-state index contributed by atoms with van der Waals surface area (Å²) in [7, 11) is 0. The summed E-state index contributed by atoms with van der Waals surface area (Å²) < 4.78 is 33.9. The van der Waals surface area contributed by atoms with Crippen LogP contribution in [0.1, 0.15) is 24.5 Å². The number of carbonyl (C=O) groups is 2. The highest BCUT2D eigenvalue weighted by Crippen LogP contribution is 2.37. The fraction of sp³-hybridized carbons (Fsp3) is 0.438. The molecule has 13 nitrogen and oxygen atoms in total. The molecule has 0 aromatic heterocycles. The molecule has 4 aliphatic rings. The summed E-state index contributed by atoms with van der Waals surface area (Å²) in [6, 6.07) is 12.0. The van der Waals surface area contributed by atoms with E-state index in [4.69, 9.17) is 28.4 Å². The lowest BCUT2D eigenvalue weighted by Crippen LogP contribution is -2.60. The van der Waals surface area contributed by atoms with Gasteiger partial charge < -0.3 is 54.0 Å². The summed E-state index contributed by atoms with van der Waals surface area (Å²) in [5.41, 5.74) is 1.98. The summed E-state index contributed by atoms with van der Waals surface area (Å²) in [4.78, 5) is 26.3. The summed E-state index contributed by atoms with van der Waals surface area (Å²) in [6.45, 7) is 1.01. The van der Waals surface area contributed by atoms with Crippen molar-refractivity contribution in [1.29, 1.82) is 0 Å². The number of hydrogen-bond acceptors (Lipinski definition) is 13. The summed E-state index contributed by atoms with van der Waals surface area (Å²) in [5.74, 6) is -1.55. The first kappa shape index (κ1) is 32.4. The average molecular weight is 629 g/mol. The molecule has 0 aliphatic carbocycles. The third-order valence-electron chi connectivity index (χ3n) is 7.87. The maximum absolute atomic E-state index is 13.3. The van der Waals surface area contributed by atoms with Crippen LogP contribution in [0, 0.1) is 5.92 Å². The van der Waals surface area contributed by atoms with Crippen molar-refractivity contribution in [3.05, 3.63) is 77.1 Å². The molecule has 0 unspecified atom stereocenters. The molecule has 0 amide bonds. The lowest BCUT2D eigenvalue weighted by Gasteiger charge is -2.42. The largest absolute Gasteiger partial charge is 0.504 e. The van der Waals surface area contributed by atoms with Crippen molar-refractivity contribution >= 4 is 11.9 Å². The number of allylic oxidation sites excluding steroid dienone is 1. The Morgan fingerprint density at radius 3 is 2.38 bits per heavy atom. The fourth-order valence-corrected chi connectivity index (χ4v) is 5.31. The van der Waals surface area contributed by atoms with Gasteiger partial charge in [0.15, 0.2) is 17.8 Å². The van der Waals surface area contributed by atoms with E-state index < -0.39 is 61.5 Å². The number of fused-ring (bicyclic) bond motifs is 9. The van der Waals surface area contributed by atoms with Crippen LogP contribution in [0.3, 0.4) is 0 Å². The molecule has 1 fully saturated rings. The van der Waals surface area contributed by atoms with Gasteiger partial charge in [-0.25, -0.2) is 4.79 Å². The number of rotatable bonds is 3. The number of phenols is 1. The van der Waals surface area contributed by atoms with E-state index in [1.54, 1.807) is 37.3 Å². The summed E-state index contributed by atoms with van der Waals surface area (Å²) >= 11 is 0. The lowest BCUT2D eigenvalue weighted by atomic mass is 9.86. The Labute approximate surface area is 258 Å². The number of aliphatic hydroxyl groups is 4. The second-order valence-corrected chi connectivity index (χ2v) is 10.8. The predicted molar refractivity (Wildman–Crippen MR) is 154 cm³/mol. The molecule has 5 N–H and O–H groups in total. The van der Waals surface area contributed by atoms with E-state index in [9.17, 15) is 35.1 Å². The van der Waals surface area contributed by atoms with Gasteiger partial charge in [0.05, 0.1) is 38.1 Å². The number of ether oxygens (including phenoxy) is 6. The first-order valence-corrected chi connectivity index (χ1v) is 14.6. The van der Waals surface area contributed by atoms with E-state index in [2.05, 4.69) is 0 Å². The van der Waals surface area contributed by atoms with E-state index in [1.807, 2.05) is 12.1 Å². The molecule has 0 saturated carbocycles. The monoisotopic (exact) mass is 628 g/mol. The van der Waals surface area contributed by atoms with Gasteiger partial charge >= 0.3 is 11.9 Å². The topological polar surface area (TPSA) is 191 Å². The van der Waals surface area contributed by atoms with E-state index in [0.29, 0.717) is 24.2 Å². The number of aromatic hydroxyl groups is 1. The number of benzene rings is 2. The van der Waals surface area contributed by atoms with Crippen LogP contribution in [0.2, 0.25) is 0 Å². The van der Waals surface area contributed by atoms with Crippen LogP contribution < -0.4 is 4.74 Å². The molecule has 242 valence electrons. The number of aliphatic hydroxyl groups excluding tert-OH is 4. The second kappa shape index (κ2) is 14.4. The Bertz CT molecular complexity index is 1420. The zero-order valence-corrected chi connectivity index (χ0v) is 24.5. The van der Waals surface area contributed by atoms with Gasteiger partial charge in [0.1, 0.15) is 30.2 Å². The molecule has 6 rings (SSSR count). The Hall–Kier alpha value is -3.98. The molecule has 45 heavy (non-hydrogen) atoms. The van der Waals surface area contributed by atoms with Gasteiger partial charge in [-0.15, -0.1) is 0 Å². The molecule has 0 spiro atoms. The summed E-state index contributed by atoms with van der Waals surface area (Å²) in [6.07, 6.45) is -5.85. The molecule has 13 heteroatoms. The second-order valence-electron chi connectivity index (χ2n) is 10.8. The van der Waals surface area contributed by atoms with Gasteiger partial charge in [0, 0.05) is 24.3 Å². The zero-order chi connectivity index (χ0) is 32.1. The average Bonchev–Trinajstić information content (AvgIpc) is 3.03. The highest BCUT2D eigenvalue weighted by atomic mass is 16.8. The SMILES string of the molecule is CC=C1[C@H](O[C@@H]2O[C@H](CO)[C@@H](O)[C@H](O)[C@H]2O)OC=C2C(=O)OCCc3ccc(cc3)Oc3cc(ccc3O)CCOC(=O)C[C@H]21. The number of esters is 2.